The molecule has 0 bridgehead atoms. The van der Waals surface area contributed by atoms with Crippen molar-refractivity contribution < 1.29 is 38.7 Å². The molecule has 1 fully saturated rings. The normalized spacial score (nSPS) is 16.9. The van der Waals surface area contributed by atoms with E-state index in [-0.39, 0.29) is 48.1 Å². The number of carboxylic acids is 1. The molecule has 0 aromatic heterocycles. The second kappa shape index (κ2) is 20.2. The Kier molecular flexibility index (Phi) is 17.9. The van der Waals surface area contributed by atoms with Crippen LogP contribution in [-0.2, 0) is 33.6 Å². The zero-order valence-corrected chi connectivity index (χ0v) is 26.5. The van der Waals surface area contributed by atoms with Crippen molar-refractivity contribution in [2.24, 2.45) is 0 Å². The van der Waals surface area contributed by atoms with Crippen molar-refractivity contribution in [1.82, 2.24) is 26.2 Å². The third kappa shape index (κ3) is 14.4. The fourth-order valence-electron chi connectivity index (χ4n) is 4.00. The highest BCUT2D eigenvalue weighted by Gasteiger charge is 2.37. The number of likely N-dealkylation sites (tertiary alicyclic amines) is 1. The van der Waals surface area contributed by atoms with Crippen molar-refractivity contribution in [2.45, 2.75) is 102 Å². The maximum atomic E-state index is 12.5. The minimum absolute atomic E-state index is 0.153. The zero-order valence-electron chi connectivity index (χ0n) is 24.9. The third-order valence-corrected chi connectivity index (χ3v) is 8.44. The van der Waals surface area contributed by atoms with E-state index in [1.165, 1.54) is 49.2 Å². The first-order chi connectivity index (χ1) is 19.9. The topological polar surface area (TPSA) is 191 Å². The lowest BCUT2D eigenvalue weighted by Crippen LogP contribution is -2.54. The molecule has 1 saturated heterocycles. The summed E-state index contributed by atoms with van der Waals surface area (Å²) in [5, 5.41) is 18.7. The Balaban J connectivity index is 2.22. The molecule has 0 aliphatic carbocycles. The molecular formula is C27H45N5O8S2. The van der Waals surface area contributed by atoms with E-state index < -0.39 is 35.9 Å². The maximum Gasteiger partial charge on any atom is 0.303 e. The van der Waals surface area contributed by atoms with Gasteiger partial charge >= 0.3 is 5.97 Å². The van der Waals surface area contributed by atoms with Crippen LogP contribution in [0.5, 0.6) is 0 Å². The van der Waals surface area contributed by atoms with Crippen LogP contribution in [0.15, 0.2) is 0 Å². The number of aliphatic carboxylic acids is 1. The number of carboxylic acid groups (broad SMARTS) is 1. The van der Waals surface area contributed by atoms with Gasteiger partial charge in [-0.1, -0.05) is 12.8 Å². The summed E-state index contributed by atoms with van der Waals surface area (Å²) in [5.74, 6) is -1.77. The SMILES string of the molecule is CSC1CC(=O)N(CCCCCC(=O)NC(C)C(=O)NC(C)C(=O)NC(C)C(=O)NCSCCCCCC(=O)O)C1=O. The first-order valence-corrected chi connectivity index (χ1v) is 16.7. The van der Waals surface area contributed by atoms with Gasteiger partial charge in [-0.2, -0.15) is 11.8 Å². The molecule has 0 aromatic carbocycles. The summed E-state index contributed by atoms with van der Waals surface area (Å²) in [6, 6.07) is -2.63. The van der Waals surface area contributed by atoms with Crippen LogP contribution in [0.25, 0.3) is 0 Å². The first kappa shape index (κ1) is 37.2. The average molecular weight is 632 g/mol. The van der Waals surface area contributed by atoms with Crippen LogP contribution in [0.3, 0.4) is 0 Å². The van der Waals surface area contributed by atoms with E-state index in [1.54, 1.807) is 6.26 Å². The molecule has 13 nitrogen and oxygen atoms in total. The summed E-state index contributed by atoms with van der Waals surface area (Å²) >= 11 is 2.87. The lowest BCUT2D eigenvalue weighted by atomic mass is 10.1. The van der Waals surface area contributed by atoms with Crippen molar-refractivity contribution >= 4 is 64.9 Å². The number of nitrogens with one attached hydrogen (secondary N) is 4. The van der Waals surface area contributed by atoms with Gasteiger partial charge in [0, 0.05) is 25.8 Å². The van der Waals surface area contributed by atoms with Gasteiger partial charge in [0.2, 0.25) is 35.4 Å². The van der Waals surface area contributed by atoms with Gasteiger partial charge in [-0.3, -0.25) is 38.5 Å². The number of carbonyl (C=O) groups is 7. The maximum absolute atomic E-state index is 12.5. The lowest BCUT2D eigenvalue weighted by Gasteiger charge is -2.20. The van der Waals surface area contributed by atoms with Crippen LogP contribution in [0.4, 0.5) is 0 Å². The predicted molar refractivity (Wildman–Crippen MR) is 161 cm³/mol. The quantitative estimate of drug-likeness (QED) is 0.0694. The average Bonchev–Trinajstić information content (AvgIpc) is 3.21. The number of nitrogens with zero attached hydrogens (tertiary/aromatic N) is 1. The number of unbranched alkanes of at least 4 members (excludes halogenated alkanes) is 4. The molecule has 4 atom stereocenters. The highest BCUT2D eigenvalue weighted by Crippen LogP contribution is 2.23. The van der Waals surface area contributed by atoms with Crippen LogP contribution in [-0.4, -0.2) is 99.2 Å². The van der Waals surface area contributed by atoms with Crippen LogP contribution < -0.4 is 21.3 Å². The van der Waals surface area contributed by atoms with E-state index in [0.717, 1.165) is 18.6 Å². The summed E-state index contributed by atoms with van der Waals surface area (Å²) in [6.07, 6.45) is 6.42. The van der Waals surface area contributed by atoms with Gasteiger partial charge in [0.05, 0.1) is 11.1 Å². The smallest absolute Gasteiger partial charge is 0.303 e. The van der Waals surface area contributed by atoms with Gasteiger partial charge in [-0.05, 0) is 58.5 Å². The predicted octanol–water partition coefficient (Wildman–Crippen LogP) is 1.00. The molecule has 42 heavy (non-hydrogen) atoms. The fraction of sp³-hybridized carbons (Fsp3) is 0.741. The van der Waals surface area contributed by atoms with Gasteiger partial charge in [-0.25, -0.2) is 0 Å². The van der Waals surface area contributed by atoms with Crippen molar-refractivity contribution in [3.05, 3.63) is 0 Å². The Morgan fingerprint density at radius 2 is 1.40 bits per heavy atom. The summed E-state index contributed by atoms with van der Waals surface area (Å²) in [4.78, 5) is 85.2. The Hall–Kier alpha value is -2.81. The largest absolute Gasteiger partial charge is 0.481 e. The number of hydrogen-bond acceptors (Lipinski definition) is 9. The number of rotatable bonds is 21. The molecule has 0 saturated carbocycles. The summed E-state index contributed by atoms with van der Waals surface area (Å²) in [7, 11) is 0. The molecule has 0 spiro atoms. The Labute approximate surface area is 255 Å². The Morgan fingerprint density at radius 3 is 2.00 bits per heavy atom. The third-order valence-electron chi connectivity index (χ3n) is 6.58. The van der Waals surface area contributed by atoms with E-state index in [2.05, 4.69) is 21.3 Å². The van der Waals surface area contributed by atoms with Gasteiger partial charge in [0.25, 0.3) is 0 Å². The van der Waals surface area contributed by atoms with Crippen molar-refractivity contribution in [1.29, 1.82) is 0 Å². The summed E-state index contributed by atoms with van der Waals surface area (Å²) in [5.41, 5.74) is 0. The van der Waals surface area contributed by atoms with Gasteiger partial charge in [0.1, 0.15) is 18.1 Å². The second-order valence-electron chi connectivity index (χ2n) is 10.2. The molecule has 6 amide bonds. The molecule has 0 radical (unpaired) electrons. The molecular weight excluding hydrogens is 586 g/mol. The van der Waals surface area contributed by atoms with Crippen molar-refractivity contribution in [2.75, 3.05) is 24.4 Å². The monoisotopic (exact) mass is 631 g/mol. The molecule has 238 valence electrons. The molecule has 15 heteroatoms. The van der Waals surface area contributed by atoms with Crippen LogP contribution in [0, 0.1) is 0 Å². The van der Waals surface area contributed by atoms with Crippen LogP contribution in [0.1, 0.15) is 78.6 Å². The zero-order chi connectivity index (χ0) is 31.7. The number of thioether (sulfide) groups is 2. The van der Waals surface area contributed by atoms with Gasteiger partial charge < -0.3 is 26.4 Å². The minimum Gasteiger partial charge on any atom is -0.481 e. The number of imide groups is 1. The number of amides is 6. The molecule has 1 heterocycles. The van der Waals surface area contributed by atoms with E-state index in [1.807, 2.05) is 0 Å². The highest BCUT2D eigenvalue weighted by atomic mass is 32.2. The minimum atomic E-state index is -0.936. The molecule has 5 N–H and O–H groups in total. The molecule has 1 aliphatic heterocycles. The summed E-state index contributed by atoms with van der Waals surface area (Å²) in [6.45, 7) is 4.85. The number of carbonyl (C=O) groups excluding carboxylic acids is 6. The molecule has 1 rings (SSSR count). The van der Waals surface area contributed by atoms with Crippen molar-refractivity contribution in [3.63, 3.8) is 0 Å². The van der Waals surface area contributed by atoms with E-state index in [4.69, 9.17) is 5.11 Å². The van der Waals surface area contributed by atoms with E-state index >= 15 is 0 Å². The standard InChI is InChI=1S/C27H45N5O8S2/c1-17(24(37)28-16-42-14-10-6-8-12-23(35)36)30-26(39)19(3)31-25(38)18(2)29-21(33)11-7-5-9-13-32-22(34)15-20(41-4)27(32)40/h17-20H,5-16H2,1-4H3,(H,28,37)(H,29,33)(H,30,39)(H,31,38)(H,35,36). The number of hydrogen-bond donors (Lipinski definition) is 5. The van der Waals surface area contributed by atoms with Gasteiger partial charge in [-0.15, -0.1) is 11.8 Å². The van der Waals surface area contributed by atoms with E-state index in [9.17, 15) is 33.6 Å². The fourth-order valence-corrected chi connectivity index (χ4v) is 5.43. The lowest BCUT2D eigenvalue weighted by molar-refractivity contribution is -0.139. The Bertz CT molecular complexity index is 967. The van der Waals surface area contributed by atoms with Crippen LogP contribution >= 0.6 is 23.5 Å². The Morgan fingerprint density at radius 1 is 0.833 bits per heavy atom. The van der Waals surface area contributed by atoms with Crippen LogP contribution in [0.2, 0.25) is 0 Å². The summed E-state index contributed by atoms with van der Waals surface area (Å²) < 4.78 is 0. The van der Waals surface area contributed by atoms with Gasteiger partial charge in [0.15, 0.2) is 0 Å². The highest BCUT2D eigenvalue weighted by molar-refractivity contribution is 8.00. The first-order valence-electron chi connectivity index (χ1n) is 14.2. The van der Waals surface area contributed by atoms with E-state index in [0.29, 0.717) is 38.1 Å². The molecule has 1 aliphatic rings. The molecule has 0 aromatic rings. The second-order valence-corrected chi connectivity index (χ2v) is 12.3. The van der Waals surface area contributed by atoms with Crippen molar-refractivity contribution in [3.8, 4) is 0 Å². The molecule has 4 unspecified atom stereocenters.